The number of halogens is 1. The third-order valence-corrected chi connectivity index (χ3v) is 4.34. The first-order chi connectivity index (χ1) is 8.90. The Morgan fingerprint density at radius 3 is 2.63 bits per heavy atom. The summed E-state index contributed by atoms with van der Waals surface area (Å²) in [5, 5.41) is 10.00. The second-order valence-electron chi connectivity index (χ2n) is 5.77. The van der Waals surface area contributed by atoms with Gasteiger partial charge in [-0.15, -0.1) is 0 Å². The Kier molecular flexibility index (Phi) is 4.16. The lowest BCUT2D eigenvalue weighted by Gasteiger charge is -2.26. The molecule has 1 N–H and O–H groups in total. The Bertz CT molecular complexity index is 460. The molecule has 1 aliphatic heterocycles. The summed E-state index contributed by atoms with van der Waals surface area (Å²) in [5.74, 6) is -0.686. The van der Waals surface area contributed by atoms with E-state index in [0.29, 0.717) is 12.6 Å². The molecule has 1 fully saturated rings. The highest BCUT2D eigenvalue weighted by Crippen LogP contribution is 2.31. The van der Waals surface area contributed by atoms with Crippen molar-refractivity contribution in [1.82, 2.24) is 4.90 Å². The minimum absolute atomic E-state index is 0.349. The lowest BCUT2D eigenvalue weighted by atomic mass is 9.90. The lowest BCUT2D eigenvalue weighted by molar-refractivity contribution is -0.147. The van der Waals surface area contributed by atoms with Gasteiger partial charge < -0.3 is 5.11 Å². The third-order valence-electron chi connectivity index (χ3n) is 4.09. The average Bonchev–Trinajstić information content (AvgIpc) is 2.76. The van der Waals surface area contributed by atoms with E-state index in [1.54, 1.807) is 0 Å². The summed E-state index contributed by atoms with van der Waals surface area (Å²) in [7, 11) is 0. The van der Waals surface area contributed by atoms with Crippen LogP contribution in [0.25, 0.3) is 0 Å². The van der Waals surface area contributed by atoms with Gasteiger partial charge >= 0.3 is 5.97 Å². The Labute approximate surface area is 119 Å². The van der Waals surface area contributed by atoms with E-state index in [2.05, 4.69) is 11.8 Å². The molecule has 0 aliphatic carbocycles. The molecule has 0 saturated carbocycles. The van der Waals surface area contributed by atoms with Crippen LogP contribution in [-0.4, -0.2) is 35.1 Å². The summed E-state index contributed by atoms with van der Waals surface area (Å²) in [6.45, 7) is 5.49. The molecule has 0 spiro atoms. The largest absolute Gasteiger partial charge is 0.481 e. The molecule has 0 amide bonds. The maximum Gasteiger partial charge on any atom is 0.310 e. The third kappa shape index (κ3) is 3.28. The summed E-state index contributed by atoms with van der Waals surface area (Å²) in [6.07, 6.45) is 1.65. The monoisotopic (exact) mass is 281 g/mol. The van der Waals surface area contributed by atoms with Gasteiger partial charge in [-0.25, -0.2) is 0 Å². The Morgan fingerprint density at radius 2 is 2.11 bits per heavy atom. The van der Waals surface area contributed by atoms with Crippen LogP contribution in [0.5, 0.6) is 0 Å². The molecule has 0 aromatic heterocycles. The molecule has 104 valence electrons. The molecular weight excluding hydrogens is 262 g/mol. The molecule has 0 bridgehead atoms. The standard InChI is InChI=1S/C15H20ClNO2/c1-11(9-12-3-5-13(16)6-4-12)17-8-7-15(2,10-17)14(18)19/h3-6,11H,7-10H2,1-2H3,(H,18,19). The number of carboxylic acid groups (broad SMARTS) is 1. The van der Waals surface area contributed by atoms with Gasteiger partial charge in [0.2, 0.25) is 0 Å². The number of carboxylic acids is 1. The van der Waals surface area contributed by atoms with Crippen LogP contribution in [0.1, 0.15) is 25.8 Å². The first kappa shape index (κ1) is 14.4. The van der Waals surface area contributed by atoms with Crippen LogP contribution in [0.15, 0.2) is 24.3 Å². The van der Waals surface area contributed by atoms with Gasteiger partial charge in [-0.2, -0.15) is 0 Å². The van der Waals surface area contributed by atoms with Gasteiger partial charge in [-0.3, -0.25) is 9.69 Å². The smallest absolute Gasteiger partial charge is 0.310 e. The predicted molar refractivity (Wildman–Crippen MR) is 76.6 cm³/mol. The Morgan fingerprint density at radius 1 is 1.47 bits per heavy atom. The predicted octanol–water partition coefficient (Wildman–Crippen LogP) is 3.07. The van der Waals surface area contributed by atoms with E-state index in [1.165, 1.54) is 5.56 Å². The van der Waals surface area contributed by atoms with Crippen LogP contribution in [-0.2, 0) is 11.2 Å². The molecule has 2 atom stereocenters. The van der Waals surface area contributed by atoms with Crippen LogP contribution >= 0.6 is 11.6 Å². The maximum atomic E-state index is 11.2. The molecule has 2 unspecified atom stereocenters. The zero-order valence-corrected chi connectivity index (χ0v) is 12.2. The van der Waals surface area contributed by atoms with Crippen molar-refractivity contribution in [2.24, 2.45) is 5.41 Å². The Hall–Kier alpha value is -1.06. The van der Waals surface area contributed by atoms with Gasteiger partial charge in [-0.1, -0.05) is 23.7 Å². The maximum absolute atomic E-state index is 11.2. The second kappa shape index (κ2) is 5.51. The van der Waals surface area contributed by atoms with Gasteiger partial charge in [0, 0.05) is 17.6 Å². The normalized spacial score (nSPS) is 25.4. The van der Waals surface area contributed by atoms with E-state index in [4.69, 9.17) is 11.6 Å². The van der Waals surface area contributed by atoms with Crippen molar-refractivity contribution < 1.29 is 9.90 Å². The number of benzene rings is 1. The van der Waals surface area contributed by atoms with E-state index < -0.39 is 11.4 Å². The summed E-state index contributed by atoms with van der Waals surface area (Å²) < 4.78 is 0. The van der Waals surface area contributed by atoms with Crippen molar-refractivity contribution in [3.8, 4) is 0 Å². The first-order valence-corrected chi connectivity index (χ1v) is 7.00. The lowest BCUT2D eigenvalue weighted by Crippen LogP contribution is -2.37. The van der Waals surface area contributed by atoms with Crippen molar-refractivity contribution in [2.45, 2.75) is 32.7 Å². The van der Waals surface area contributed by atoms with Gasteiger partial charge in [-0.05, 0) is 50.9 Å². The fourth-order valence-electron chi connectivity index (χ4n) is 2.64. The Balaban J connectivity index is 1.96. The van der Waals surface area contributed by atoms with E-state index in [9.17, 15) is 9.90 Å². The number of rotatable bonds is 4. The topological polar surface area (TPSA) is 40.5 Å². The number of nitrogens with zero attached hydrogens (tertiary/aromatic N) is 1. The van der Waals surface area contributed by atoms with Crippen molar-refractivity contribution >= 4 is 17.6 Å². The fraction of sp³-hybridized carbons (Fsp3) is 0.533. The fourth-order valence-corrected chi connectivity index (χ4v) is 2.76. The molecular formula is C15H20ClNO2. The quantitative estimate of drug-likeness (QED) is 0.922. The molecule has 19 heavy (non-hydrogen) atoms. The molecule has 1 aromatic rings. The summed E-state index contributed by atoms with van der Waals surface area (Å²) >= 11 is 5.87. The van der Waals surface area contributed by atoms with E-state index in [-0.39, 0.29) is 0 Å². The molecule has 1 aliphatic rings. The van der Waals surface area contributed by atoms with Crippen LogP contribution in [0.4, 0.5) is 0 Å². The minimum atomic E-state index is -0.686. The molecule has 0 radical (unpaired) electrons. The highest BCUT2D eigenvalue weighted by Gasteiger charge is 2.41. The average molecular weight is 282 g/mol. The van der Waals surface area contributed by atoms with E-state index in [1.807, 2.05) is 31.2 Å². The summed E-state index contributed by atoms with van der Waals surface area (Å²) in [6, 6.07) is 8.21. The van der Waals surface area contributed by atoms with Gasteiger partial charge in [0.05, 0.1) is 5.41 Å². The number of likely N-dealkylation sites (tertiary alicyclic amines) is 1. The number of hydrogen-bond donors (Lipinski definition) is 1. The SMILES string of the molecule is CC(Cc1ccc(Cl)cc1)N1CCC(C)(C(=O)O)C1. The minimum Gasteiger partial charge on any atom is -0.481 e. The molecule has 4 heteroatoms. The number of hydrogen-bond acceptors (Lipinski definition) is 2. The van der Waals surface area contributed by atoms with Crippen LogP contribution in [0.3, 0.4) is 0 Å². The van der Waals surface area contributed by atoms with Gasteiger partial charge in [0.1, 0.15) is 0 Å². The molecule has 1 aromatic carbocycles. The van der Waals surface area contributed by atoms with Crippen molar-refractivity contribution in [3.05, 3.63) is 34.9 Å². The number of carbonyl (C=O) groups is 1. The molecule has 1 saturated heterocycles. The highest BCUT2D eigenvalue weighted by atomic mass is 35.5. The van der Waals surface area contributed by atoms with Crippen LogP contribution in [0.2, 0.25) is 5.02 Å². The highest BCUT2D eigenvalue weighted by molar-refractivity contribution is 6.30. The van der Waals surface area contributed by atoms with Crippen LogP contribution < -0.4 is 0 Å². The number of aliphatic carboxylic acids is 1. The summed E-state index contributed by atoms with van der Waals surface area (Å²) in [5.41, 5.74) is 0.648. The molecule has 1 heterocycles. The van der Waals surface area contributed by atoms with Gasteiger partial charge in [0.15, 0.2) is 0 Å². The van der Waals surface area contributed by atoms with Crippen molar-refractivity contribution in [1.29, 1.82) is 0 Å². The van der Waals surface area contributed by atoms with Gasteiger partial charge in [0.25, 0.3) is 0 Å². The van der Waals surface area contributed by atoms with E-state index in [0.717, 1.165) is 24.4 Å². The zero-order valence-electron chi connectivity index (χ0n) is 11.4. The second-order valence-corrected chi connectivity index (χ2v) is 6.20. The van der Waals surface area contributed by atoms with E-state index >= 15 is 0 Å². The van der Waals surface area contributed by atoms with Crippen LogP contribution in [0, 0.1) is 5.41 Å². The van der Waals surface area contributed by atoms with Crippen molar-refractivity contribution in [2.75, 3.05) is 13.1 Å². The molecule has 2 rings (SSSR count). The zero-order chi connectivity index (χ0) is 14.0. The summed E-state index contributed by atoms with van der Waals surface area (Å²) in [4.78, 5) is 13.5. The first-order valence-electron chi connectivity index (χ1n) is 6.62. The molecule has 3 nitrogen and oxygen atoms in total. The van der Waals surface area contributed by atoms with Crippen molar-refractivity contribution in [3.63, 3.8) is 0 Å².